The van der Waals surface area contributed by atoms with E-state index in [1.165, 1.54) is 21.6 Å². The van der Waals surface area contributed by atoms with E-state index in [0.717, 1.165) is 12.8 Å². The standard InChI is InChI=1S/C11H20N6O3S/c1-21(19,20)17-5-2-3-10(8-17)7-12-11(18)4-6-16-9-13-14-15-16/h9-10H,2-8H2,1H3,(H,12,18)/t10-/m1/s1. The first-order valence-corrected chi connectivity index (χ1v) is 8.72. The second-order valence-electron chi connectivity index (χ2n) is 5.26. The maximum Gasteiger partial charge on any atom is 0.221 e. The molecule has 9 nitrogen and oxygen atoms in total. The van der Waals surface area contributed by atoms with Gasteiger partial charge in [0.1, 0.15) is 6.33 Å². The Morgan fingerprint density at radius 2 is 2.29 bits per heavy atom. The quantitative estimate of drug-likeness (QED) is 0.709. The number of rotatable bonds is 6. The Kier molecular flexibility index (Phi) is 5.23. The summed E-state index contributed by atoms with van der Waals surface area (Å²) in [5.74, 6) is 0.0902. The Bertz CT molecular complexity index is 559. The van der Waals surface area contributed by atoms with Crippen molar-refractivity contribution in [2.75, 3.05) is 25.9 Å². The van der Waals surface area contributed by atoms with Crippen LogP contribution in [0.1, 0.15) is 19.3 Å². The largest absolute Gasteiger partial charge is 0.356 e. The van der Waals surface area contributed by atoms with Crippen LogP contribution in [0.4, 0.5) is 0 Å². The van der Waals surface area contributed by atoms with E-state index < -0.39 is 10.0 Å². The summed E-state index contributed by atoms with van der Waals surface area (Å²) in [5, 5.41) is 13.5. The predicted octanol–water partition coefficient (Wildman–Crippen LogP) is -1.15. The van der Waals surface area contributed by atoms with Crippen molar-refractivity contribution in [1.82, 2.24) is 29.8 Å². The normalized spacial score (nSPS) is 20.3. The highest BCUT2D eigenvalue weighted by molar-refractivity contribution is 7.88. The number of aryl methyl sites for hydroxylation is 1. The van der Waals surface area contributed by atoms with Crippen molar-refractivity contribution in [3.05, 3.63) is 6.33 Å². The molecular weight excluding hydrogens is 296 g/mol. The molecule has 0 aliphatic carbocycles. The van der Waals surface area contributed by atoms with Crippen LogP contribution in [0.2, 0.25) is 0 Å². The molecule has 1 amide bonds. The Hall–Kier alpha value is -1.55. The first-order valence-electron chi connectivity index (χ1n) is 6.88. The molecule has 1 N–H and O–H groups in total. The Morgan fingerprint density at radius 1 is 1.48 bits per heavy atom. The number of amides is 1. The van der Waals surface area contributed by atoms with Gasteiger partial charge in [-0.05, 0) is 29.2 Å². The lowest BCUT2D eigenvalue weighted by Crippen LogP contribution is -2.43. The fourth-order valence-corrected chi connectivity index (χ4v) is 3.28. The third kappa shape index (κ3) is 5.05. The lowest BCUT2D eigenvalue weighted by atomic mass is 10.00. The summed E-state index contributed by atoms with van der Waals surface area (Å²) in [4.78, 5) is 11.7. The SMILES string of the molecule is CS(=O)(=O)N1CCC[C@H](CNC(=O)CCn2cnnn2)C1. The minimum Gasteiger partial charge on any atom is -0.356 e. The highest BCUT2D eigenvalue weighted by atomic mass is 32.2. The Balaban J connectivity index is 1.71. The van der Waals surface area contributed by atoms with Crippen molar-refractivity contribution in [3.8, 4) is 0 Å². The third-order valence-electron chi connectivity index (χ3n) is 3.50. The van der Waals surface area contributed by atoms with E-state index in [4.69, 9.17) is 0 Å². The number of carbonyl (C=O) groups excluding carboxylic acids is 1. The summed E-state index contributed by atoms with van der Waals surface area (Å²) < 4.78 is 26.0. The molecule has 10 heteroatoms. The minimum absolute atomic E-state index is 0.0815. The second-order valence-corrected chi connectivity index (χ2v) is 7.24. The van der Waals surface area contributed by atoms with Gasteiger partial charge < -0.3 is 5.32 Å². The topological polar surface area (TPSA) is 110 Å². The van der Waals surface area contributed by atoms with Gasteiger partial charge in [0.05, 0.1) is 12.8 Å². The van der Waals surface area contributed by atoms with E-state index >= 15 is 0 Å². The van der Waals surface area contributed by atoms with E-state index in [9.17, 15) is 13.2 Å². The van der Waals surface area contributed by atoms with Crippen molar-refractivity contribution >= 4 is 15.9 Å². The van der Waals surface area contributed by atoms with Crippen molar-refractivity contribution < 1.29 is 13.2 Å². The lowest BCUT2D eigenvalue weighted by molar-refractivity contribution is -0.121. The van der Waals surface area contributed by atoms with Crippen LogP contribution in [-0.2, 0) is 21.4 Å². The van der Waals surface area contributed by atoms with Crippen molar-refractivity contribution in [2.24, 2.45) is 5.92 Å². The molecule has 1 saturated heterocycles. The Labute approximate surface area is 123 Å². The smallest absolute Gasteiger partial charge is 0.221 e. The van der Waals surface area contributed by atoms with Gasteiger partial charge in [-0.1, -0.05) is 0 Å². The summed E-state index contributed by atoms with van der Waals surface area (Å²) in [5.41, 5.74) is 0. The van der Waals surface area contributed by atoms with Gasteiger partial charge in [-0.15, -0.1) is 5.10 Å². The highest BCUT2D eigenvalue weighted by Gasteiger charge is 2.25. The van der Waals surface area contributed by atoms with Crippen molar-refractivity contribution in [3.63, 3.8) is 0 Å². The molecule has 0 spiro atoms. The maximum absolute atomic E-state index is 11.7. The average molecular weight is 316 g/mol. The van der Waals surface area contributed by atoms with Crippen LogP contribution in [0.15, 0.2) is 6.33 Å². The molecular formula is C11H20N6O3S. The maximum atomic E-state index is 11.7. The van der Waals surface area contributed by atoms with E-state index in [2.05, 4.69) is 20.8 Å². The van der Waals surface area contributed by atoms with Gasteiger partial charge in [0.2, 0.25) is 15.9 Å². The zero-order valence-corrected chi connectivity index (χ0v) is 12.8. The molecule has 2 heterocycles. The van der Waals surface area contributed by atoms with Crippen LogP contribution in [0.25, 0.3) is 0 Å². The summed E-state index contributed by atoms with van der Waals surface area (Å²) >= 11 is 0. The zero-order chi connectivity index (χ0) is 15.3. The van der Waals surface area contributed by atoms with Gasteiger partial charge >= 0.3 is 0 Å². The highest BCUT2D eigenvalue weighted by Crippen LogP contribution is 2.17. The molecule has 0 saturated carbocycles. The van der Waals surface area contributed by atoms with Gasteiger partial charge in [0.15, 0.2) is 0 Å². The Morgan fingerprint density at radius 3 is 2.95 bits per heavy atom. The number of carbonyl (C=O) groups is 1. The number of piperidine rings is 1. The molecule has 1 atom stereocenters. The third-order valence-corrected chi connectivity index (χ3v) is 4.77. The van der Waals surface area contributed by atoms with Crippen LogP contribution >= 0.6 is 0 Å². The summed E-state index contributed by atoms with van der Waals surface area (Å²) in [6.45, 7) is 1.98. The number of nitrogens with one attached hydrogen (secondary N) is 1. The van der Waals surface area contributed by atoms with Gasteiger partial charge in [-0.2, -0.15) is 0 Å². The fraction of sp³-hybridized carbons (Fsp3) is 0.818. The lowest BCUT2D eigenvalue weighted by Gasteiger charge is -2.30. The molecule has 1 aromatic rings. The predicted molar refractivity (Wildman–Crippen MR) is 74.6 cm³/mol. The van der Waals surface area contributed by atoms with Gasteiger partial charge in [0.25, 0.3) is 0 Å². The first-order chi connectivity index (χ1) is 9.95. The fourth-order valence-electron chi connectivity index (χ4n) is 2.34. The number of nitrogens with zero attached hydrogens (tertiary/aromatic N) is 5. The van der Waals surface area contributed by atoms with Gasteiger partial charge in [-0.25, -0.2) is 17.4 Å². The summed E-state index contributed by atoms with van der Waals surface area (Å²) in [6, 6.07) is 0. The summed E-state index contributed by atoms with van der Waals surface area (Å²) in [6.07, 6.45) is 4.74. The molecule has 118 valence electrons. The molecule has 2 rings (SSSR count). The first kappa shape index (κ1) is 15.8. The number of tetrazole rings is 1. The molecule has 1 fully saturated rings. The number of aromatic nitrogens is 4. The van der Waals surface area contributed by atoms with Gasteiger partial charge in [-0.3, -0.25) is 4.79 Å². The van der Waals surface area contributed by atoms with Crippen LogP contribution < -0.4 is 5.32 Å². The molecule has 1 aromatic heterocycles. The molecule has 1 aliphatic heterocycles. The molecule has 0 bridgehead atoms. The van der Waals surface area contributed by atoms with Gasteiger partial charge in [0, 0.05) is 26.1 Å². The van der Waals surface area contributed by atoms with Crippen LogP contribution in [0, 0.1) is 5.92 Å². The van der Waals surface area contributed by atoms with E-state index in [1.807, 2.05) is 0 Å². The zero-order valence-electron chi connectivity index (χ0n) is 12.0. The monoisotopic (exact) mass is 316 g/mol. The minimum atomic E-state index is -3.14. The number of hydrogen-bond acceptors (Lipinski definition) is 6. The van der Waals surface area contributed by atoms with Crippen LogP contribution in [0.5, 0.6) is 0 Å². The molecule has 1 aliphatic rings. The van der Waals surface area contributed by atoms with Crippen LogP contribution in [0.3, 0.4) is 0 Å². The van der Waals surface area contributed by atoms with Crippen molar-refractivity contribution in [2.45, 2.75) is 25.8 Å². The molecule has 0 radical (unpaired) electrons. The van der Waals surface area contributed by atoms with Crippen molar-refractivity contribution in [1.29, 1.82) is 0 Å². The van der Waals surface area contributed by atoms with Crippen LogP contribution in [-0.4, -0.2) is 64.7 Å². The molecule has 0 aromatic carbocycles. The molecule has 21 heavy (non-hydrogen) atoms. The molecule has 0 unspecified atom stereocenters. The number of sulfonamides is 1. The average Bonchev–Trinajstić information content (AvgIpc) is 2.95. The van der Waals surface area contributed by atoms with E-state index in [1.54, 1.807) is 0 Å². The number of hydrogen-bond donors (Lipinski definition) is 1. The van der Waals surface area contributed by atoms with E-state index in [0.29, 0.717) is 32.6 Å². The summed E-state index contributed by atoms with van der Waals surface area (Å²) in [7, 11) is -3.14. The second kappa shape index (κ2) is 6.94. The van der Waals surface area contributed by atoms with E-state index in [-0.39, 0.29) is 11.8 Å².